The van der Waals surface area contributed by atoms with Gasteiger partial charge in [-0.2, -0.15) is 4.31 Å². The number of halogens is 1. The molecule has 0 bridgehead atoms. The molecule has 0 N–H and O–H groups in total. The van der Waals surface area contributed by atoms with E-state index in [0.717, 1.165) is 24.8 Å². The molecule has 1 fully saturated rings. The van der Waals surface area contributed by atoms with Gasteiger partial charge in [-0.15, -0.1) is 0 Å². The van der Waals surface area contributed by atoms with Crippen molar-refractivity contribution in [3.8, 4) is 5.75 Å². The molecule has 0 atom stereocenters. The minimum absolute atomic E-state index is 0.185. The molecule has 3 rings (SSSR count). The number of esters is 1. The fourth-order valence-corrected chi connectivity index (χ4v) is 4.54. The first-order valence-corrected chi connectivity index (χ1v) is 10.3. The van der Waals surface area contributed by atoms with Crippen LogP contribution in [0.1, 0.15) is 35.2 Å². The second-order valence-electron chi connectivity index (χ2n) is 6.31. The Hall–Kier alpha value is -1.89. The van der Waals surface area contributed by atoms with Crippen LogP contribution in [0.5, 0.6) is 5.75 Å². The van der Waals surface area contributed by atoms with E-state index in [2.05, 4.69) is 0 Å². The molecule has 1 aliphatic heterocycles. The zero-order valence-electron chi connectivity index (χ0n) is 14.4. The van der Waals surface area contributed by atoms with Crippen LogP contribution in [0.4, 0.5) is 0 Å². The quantitative estimate of drug-likeness (QED) is 0.580. The summed E-state index contributed by atoms with van der Waals surface area (Å²) in [6, 6.07) is 11.0. The highest BCUT2D eigenvalue weighted by molar-refractivity contribution is 7.89. The highest BCUT2D eigenvalue weighted by atomic mass is 35.5. The summed E-state index contributed by atoms with van der Waals surface area (Å²) in [5.74, 6) is -0.305. The monoisotopic (exact) mass is 393 g/mol. The predicted molar refractivity (Wildman–Crippen MR) is 100 cm³/mol. The lowest BCUT2D eigenvalue weighted by atomic mass is 10.2. The van der Waals surface area contributed by atoms with Crippen LogP contribution in [-0.2, 0) is 10.0 Å². The lowest BCUT2D eigenvalue weighted by Gasteiger charge is -2.25. The summed E-state index contributed by atoms with van der Waals surface area (Å²) in [4.78, 5) is 12.5. The molecule has 5 nitrogen and oxygen atoms in total. The molecule has 1 saturated heterocycles. The molecule has 2 aromatic carbocycles. The summed E-state index contributed by atoms with van der Waals surface area (Å²) in [5.41, 5.74) is 1.18. The smallest absolute Gasteiger partial charge is 0.343 e. The van der Waals surface area contributed by atoms with E-state index in [1.54, 1.807) is 12.1 Å². The SMILES string of the molecule is Cc1ccc(Cl)c(OC(=O)c2ccc(S(=O)(=O)N3CCCCC3)cc2)c1. The first-order chi connectivity index (χ1) is 12.4. The Balaban J connectivity index is 1.76. The molecule has 0 saturated carbocycles. The highest BCUT2D eigenvalue weighted by Crippen LogP contribution is 2.26. The lowest BCUT2D eigenvalue weighted by molar-refractivity contribution is 0.0734. The van der Waals surface area contributed by atoms with Crippen LogP contribution in [0.15, 0.2) is 47.4 Å². The van der Waals surface area contributed by atoms with Crippen molar-refractivity contribution in [3.05, 3.63) is 58.6 Å². The first-order valence-electron chi connectivity index (χ1n) is 8.46. The second kappa shape index (κ2) is 7.78. The summed E-state index contributed by atoms with van der Waals surface area (Å²) in [7, 11) is -3.52. The lowest BCUT2D eigenvalue weighted by Crippen LogP contribution is -2.35. The number of rotatable bonds is 4. The summed E-state index contributed by atoms with van der Waals surface area (Å²) in [6.45, 7) is 2.95. The fourth-order valence-electron chi connectivity index (χ4n) is 2.86. The highest BCUT2D eigenvalue weighted by Gasteiger charge is 2.26. The average molecular weight is 394 g/mol. The van der Waals surface area contributed by atoms with E-state index in [1.807, 2.05) is 13.0 Å². The molecule has 0 spiro atoms. The van der Waals surface area contributed by atoms with Crippen LogP contribution in [0, 0.1) is 6.92 Å². The zero-order chi connectivity index (χ0) is 18.7. The molecule has 0 amide bonds. The van der Waals surface area contributed by atoms with Crippen molar-refractivity contribution in [2.75, 3.05) is 13.1 Å². The van der Waals surface area contributed by atoms with E-state index in [1.165, 1.54) is 28.6 Å². The molecule has 0 aliphatic carbocycles. The minimum Gasteiger partial charge on any atom is -0.421 e. The Labute approximate surface area is 158 Å². The van der Waals surface area contributed by atoms with Crippen molar-refractivity contribution < 1.29 is 17.9 Å². The maximum absolute atomic E-state index is 12.6. The first kappa shape index (κ1) is 18.9. The van der Waals surface area contributed by atoms with Gasteiger partial charge in [0.1, 0.15) is 5.75 Å². The maximum Gasteiger partial charge on any atom is 0.343 e. The summed E-state index contributed by atoms with van der Waals surface area (Å²) in [5, 5.41) is 0.341. The van der Waals surface area contributed by atoms with Crippen molar-refractivity contribution in [2.45, 2.75) is 31.1 Å². The average Bonchev–Trinajstić information content (AvgIpc) is 2.65. The Morgan fingerprint density at radius 2 is 1.69 bits per heavy atom. The largest absolute Gasteiger partial charge is 0.421 e. The third-order valence-corrected chi connectivity index (χ3v) is 6.56. The molecule has 7 heteroatoms. The second-order valence-corrected chi connectivity index (χ2v) is 8.66. The molecule has 0 aromatic heterocycles. The van der Waals surface area contributed by atoms with Gasteiger partial charge in [0.05, 0.1) is 15.5 Å². The van der Waals surface area contributed by atoms with Crippen molar-refractivity contribution in [3.63, 3.8) is 0 Å². The molecule has 1 aliphatic rings. The topological polar surface area (TPSA) is 63.7 Å². The third kappa shape index (κ3) is 4.09. The summed E-state index contributed by atoms with van der Waals surface area (Å²) in [6.07, 6.45) is 2.81. The van der Waals surface area contributed by atoms with Crippen LogP contribution in [-0.4, -0.2) is 31.8 Å². The Bertz CT molecular complexity index is 904. The van der Waals surface area contributed by atoms with Gasteiger partial charge in [-0.25, -0.2) is 13.2 Å². The van der Waals surface area contributed by atoms with E-state index in [0.29, 0.717) is 18.1 Å². The molecule has 2 aromatic rings. The van der Waals surface area contributed by atoms with Crippen molar-refractivity contribution >= 4 is 27.6 Å². The normalized spacial score (nSPS) is 15.6. The van der Waals surface area contributed by atoms with E-state index in [4.69, 9.17) is 16.3 Å². The summed E-state index contributed by atoms with van der Waals surface area (Å²) >= 11 is 6.04. The van der Waals surface area contributed by atoms with Crippen molar-refractivity contribution in [2.24, 2.45) is 0 Å². The van der Waals surface area contributed by atoms with Crippen LogP contribution >= 0.6 is 11.6 Å². The molecule has 26 heavy (non-hydrogen) atoms. The fraction of sp³-hybridized carbons (Fsp3) is 0.316. The van der Waals surface area contributed by atoms with Crippen molar-refractivity contribution in [1.29, 1.82) is 0 Å². The van der Waals surface area contributed by atoms with Gasteiger partial charge in [-0.1, -0.05) is 24.1 Å². The Kier molecular flexibility index (Phi) is 5.65. The van der Waals surface area contributed by atoms with Crippen LogP contribution in [0.3, 0.4) is 0 Å². The number of sulfonamides is 1. The number of ether oxygens (including phenoxy) is 1. The van der Waals surface area contributed by atoms with E-state index in [9.17, 15) is 13.2 Å². The van der Waals surface area contributed by atoms with Crippen LogP contribution in [0.25, 0.3) is 0 Å². The zero-order valence-corrected chi connectivity index (χ0v) is 16.0. The van der Waals surface area contributed by atoms with E-state index < -0.39 is 16.0 Å². The molecule has 138 valence electrons. The number of benzene rings is 2. The number of carbonyl (C=O) groups is 1. The number of nitrogens with zero attached hydrogens (tertiary/aromatic N) is 1. The third-order valence-electron chi connectivity index (χ3n) is 4.33. The standard InChI is InChI=1S/C19H20ClNO4S/c1-14-5-10-17(20)18(13-14)25-19(22)15-6-8-16(9-7-15)26(23,24)21-11-3-2-4-12-21/h5-10,13H,2-4,11-12H2,1H3. The Morgan fingerprint density at radius 3 is 2.35 bits per heavy atom. The van der Waals surface area contributed by atoms with Crippen molar-refractivity contribution in [1.82, 2.24) is 4.31 Å². The van der Waals surface area contributed by atoms with Gasteiger partial charge in [0.15, 0.2) is 0 Å². The number of hydrogen-bond donors (Lipinski definition) is 0. The van der Waals surface area contributed by atoms with Gasteiger partial charge in [0.25, 0.3) is 0 Å². The number of carbonyl (C=O) groups excluding carboxylic acids is 1. The molecule has 0 unspecified atom stereocenters. The van der Waals surface area contributed by atoms with Gasteiger partial charge in [0.2, 0.25) is 10.0 Å². The van der Waals surface area contributed by atoms with Crippen LogP contribution < -0.4 is 4.74 Å². The van der Waals surface area contributed by atoms with Gasteiger partial charge >= 0.3 is 5.97 Å². The van der Waals surface area contributed by atoms with Gasteiger partial charge in [-0.3, -0.25) is 0 Å². The molecule has 0 radical (unpaired) electrons. The number of hydrogen-bond acceptors (Lipinski definition) is 4. The van der Waals surface area contributed by atoms with Gasteiger partial charge in [-0.05, 0) is 61.7 Å². The van der Waals surface area contributed by atoms with E-state index in [-0.39, 0.29) is 16.2 Å². The maximum atomic E-state index is 12.6. The minimum atomic E-state index is -3.52. The molecular weight excluding hydrogens is 374 g/mol. The number of piperidine rings is 1. The van der Waals surface area contributed by atoms with Gasteiger partial charge < -0.3 is 4.74 Å². The molecular formula is C19H20ClNO4S. The van der Waals surface area contributed by atoms with E-state index >= 15 is 0 Å². The summed E-state index contributed by atoms with van der Waals surface area (Å²) < 4.78 is 32.1. The number of aryl methyl sites for hydroxylation is 1. The van der Waals surface area contributed by atoms with Crippen LogP contribution in [0.2, 0.25) is 5.02 Å². The molecule has 1 heterocycles. The van der Waals surface area contributed by atoms with Gasteiger partial charge in [0, 0.05) is 13.1 Å². The Morgan fingerprint density at radius 1 is 1.04 bits per heavy atom. The predicted octanol–water partition coefficient (Wildman–Crippen LogP) is 4.04.